The van der Waals surface area contributed by atoms with Crippen LogP contribution in [0.25, 0.3) is 0 Å². The average Bonchev–Trinajstić information content (AvgIpc) is 3.71. The van der Waals surface area contributed by atoms with Gasteiger partial charge in [-0.3, -0.25) is 28.8 Å². The summed E-state index contributed by atoms with van der Waals surface area (Å²) in [4.78, 5) is 47.5. The van der Waals surface area contributed by atoms with E-state index in [0.717, 1.165) is 34.7 Å². The van der Waals surface area contributed by atoms with Gasteiger partial charge in [0.25, 0.3) is 20.2 Å². The third-order valence-electron chi connectivity index (χ3n) is 13.5. The van der Waals surface area contributed by atoms with Gasteiger partial charge in [-0.15, -0.1) is 0 Å². The van der Waals surface area contributed by atoms with Gasteiger partial charge in [0.2, 0.25) is 0 Å². The van der Waals surface area contributed by atoms with E-state index in [4.69, 9.17) is 38.6 Å². The fourth-order valence-corrected chi connectivity index (χ4v) is 10.2. The van der Waals surface area contributed by atoms with E-state index in [9.17, 15) is 35.5 Å². The second-order valence-electron chi connectivity index (χ2n) is 19.5. The fraction of sp³-hybridized carbons (Fsp3) is 0.339. The molecule has 0 saturated carbocycles. The van der Waals surface area contributed by atoms with Crippen LogP contribution in [-0.4, -0.2) is 154 Å². The van der Waals surface area contributed by atoms with Gasteiger partial charge in [0.05, 0.1) is 64.1 Å². The van der Waals surface area contributed by atoms with Crippen molar-refractivity contribution in [2.24, 2.45) is 0 Å². The topological polar surface area (TPSA) is 237 Å². The highest BCUT2D eigenvalue weighted by atomic mass is 32.2. The minimum Gasteiger partial charge on any atom is -0.497 e. The molecule has 7 rings (SSSR count). The molecule has 21 heteroatoms. The first-order valence-electron chi connectivity index (χ1n) is 26.5. The molecule has 0 atom stereocenters. The number of rotatable bonds is 18. The summed E-state index contributed by atoms with van der Waals surface area (Å²) >= 11 is 0. The number of benzene rings is 3. The van der Waals surface area contributed by atoms with Crippen molar-refractivity contribution in [2.45, 2.75) is 52.7 Å². The molecule has 0 bridgehead atoms. The number of methoxy groups -OCH3 is 5. The first-order valence-corrected chi connectivity index (χ1v) is 29.7. The van der Waals surface area contributed by atoms with E-state index in [1.54, 1.807) is 55.6 Å². The lowest BCUT2D eigenvalue weighted by Crippen LogP contribution is -2.36. The summed E-state index contributed by atoms with van der Waals surface area (Å²) in [7, 11) is -1.30. The monoisotopic (exact) mass is 1170 g/mol. The van der Waals surface area contributed by atoms with Crippen LogP contribution < -0.4 is 14.2 Å². The van der Waals surface area contributed by atoms with Gasteiger partial charge < -0.3 is 23.7 Å². The molecule has 1 saturated heterocycles. The molecule has 19 nitrogen and oxygen atoms in total. The van der Waals surface area contributed by atoms with Crippen molar-refractivity contribution in [3.63, 3.8) is 0 Å². The number of aryl methyl sites for hydroxylation is 4. The van der Waals surface area contributed by atoms with Gasteiger partial charge in [0.15, 0.2) is 0 Å². The van der Waals surface area contributed by atoms with Crippen molar-refractivity contribution in [3.8, 4) is 52.8 Å². The molecule has 434 valence electrons. The lowest BCUT2D eigenvalue weighted by atomic mass is 10.0. The van der Waals surface area contributed by atoms with E-state index in [0.29, 0.717) is 121 Å². The normalized spacial score (nSPS) is 13.3. The number of carbonyl (C=O) groups excluding carboxylic acids is 2. The number of aromatic nitrogens is 3. The number of ether oxygens (including phenoxy) is 5. The zero-order chi connectivity index (χ0) is 59.7. The number of pyridine rings is 3. The summed E-state index contributed by atoms with van der Waals surface area (Å²) in [5.41, 5.74) is 8.65. The molecular weight excluding hydrogens is 1100 g/mol. The third kappa shape index (κ3) is 19.2. The van der Waals surface area contributed by atoms with Crippen LogP contribution in [0, 0.1) is 42.4 Å². The zero-order valence-corrected chi connectivity index (χ0v) is 49.1. The van der Waals surface area contributed by atoms with E-state index in [1.165, 1.54) is 34.5 Å². The fourth-order valence-electron chi connectivity index (χ4n) is 9.20. The smallest absolute Gasteiger partial charge is 0.356 e. The lowest BCUT2D eigenvalue weighted by molar-refractivity contribution is 0.0584. The van der Waals surface area contributed by atoms with Crippen LogP contribution in [0.5, 0.6) is 17.2 Å². The Morgan fingerprint density at radius 1 is 0.482 bits per heavy atom. The van der Waals surface area contributed by atoms with Crippen LogP contribution in [0.4, 0.5) is 0 Å². The quantitative estimate of drug-likeness (QED) is 0.0552. The van der Waals surface area contributed by atoms with Crippen LogP contribution in [-0.2, 0) is 68.6 Å². The predicted molar refractivity (Wildman–Crippen MR) is 312 cm³/mol. The van der Waals surface area contributed by atoms with Crippen LogP contribution in [0.2, 0.25) is 0 Å². The molecule has 83 heavy (non-hydrogen) atoms. The van der Waals surface area contributed by atoms with E-state index < -0.39 is 43.7 Å². The molecule has 3 aromatic heterocycles. The van der Waals surface area contributed by atoms with Crippen LogP contribution in [0.1, 0.15) is 101 Å². The van der Waals surface area contributed by atoms with Crippen molar-refractivity contribution >= 4 is 32.2 Å². The molecular formula is C62H66N6O13S2. The number of hydrogen-bond donors (Lipinski definition) is 2. The van der Waals surface area contributed by atoms with Gasteiger partial charge in [-0.2, -0.15) is 16.8 Å². The largest absolute Gasteiger partial charge is 0.497 e. The zero-order valence-electron chi connectivity index (χ0n) is 47.4. The highest BCUT2D eigenvalue weighted by Gasteiger charge is 2.22. The van der Waals surface area contributed by atoms with E-state index in [2.05, 4.69) is 50.2 Å². The molecule has 6 aromatic rings. The second kappa shape index (κ2) is 29.2. The van der Waals surface area contributed by atoms with Gasteiger partial charge in [-0.1, -0.05) is 42.4 Å². The van der Waals surface area contributed by atoms with Gasteiger partial charge >= 0.3 is 11.9 Å². The van der Waals surface area contributed by atoms with Crippen LogP contribution in [0.3, 0.4) is 0 Å². The molecule has 0 spiro atoms. The molecule has 1 fully saturated rings. The first kappa shape index (κ1) is 62.4. The lowest BCUT2D eigenvalue weighted by Gasteiger charge is -2.25. The first-order chi connectivity index (χ1) is 39.7. The summed E-state index contributed by atoms with van der Waals surface area (Å²) in [5, 5.41) is 0. The Morgan fingerprint density at radius 3 is 1.16 bits per heavy atom. The summed E-state index contributed by atoms with van der Waals surface area (Å²) in [6.45, 7) is 8.44. The molecule has 0 aliphatic carbocycles. The van der Waals surface area contributed by atoms with Gasteiger partial charge in [-0.05, 0) is 134 Å². The second-order valence-corrected chi connectivity index (χ2v) is 22.7. The number of nitrogens with zero attached hydrogens (tertiary/aromatic N) is 6. The highest BCUT2D eigenvalue weighted by Crippen LogP contribution is 2.23. The van der Waals surface area contributed by atoms with E-state index in [-0.39, 0.29) is 24.2 Å². The molecule has 1 aliphatic heterocycles. The molecule has 0 amide bonds. The van der Waals surface area contributed by atoms with Crippen molar-refractivity contribution < 1.29 is 59.2 Å². The Kier molecular flexibility index (Phi) is 22.0. The van der Waals surface area contributed by atoms with E-state index in [1.807, 2.05) is 50.2 Å². The molecule has 3 aromatic carbocycles. The van der Waals surface area contributed by atoms with E-state index >= 15 is 0 Å². The van der Waals surface area contributed by atoms with Gasteiger partial charge in [-0.25, -0.2) is 19.6 Å². The minimum atomic E-state index is -4.27. The SMILES string of the molecule is CCc1cc(OC)ccc1C#Cc1cc(CN2CCN(Cc3cc(C#Cc4ccc(OC)cc4CCS(=O)(=O)O)cc(C)n3)CCN(Cc3cc(C#Cc4ccc(OC)cc4CCS(=O)(=O)O)cc(C(=O)OC)n3)CC2)nc(C(=O)OC)c1. The van der Waals surface area contributed by atoms with Crippen LogP contribution >= 0.6 is 0 Å². The summed E-state index contributed by atoms with van der Waals surface area (Å²) < 4.78 is 92.3. The maximum atomic E-state index is 13.2. The summed E-state index contributed by atoms with van der Waals surface area (Å²) in [5.74, 6) is 18.7. The molecule has 2 N–H and O–H groups in total. The Morgan fingerprint density at radius 2 is 0.819 bits per heavy atom. The van der Waals surface area contributed by atoms with Gasteiger partial charge in [0.1, 0.15) is 28.6 Å². The Labute approximate surface area is 485 Å². The number of hydrogen-bond acceptors (Lipinski definition) is 17. The Hall–Kier alpha value is -8.17. The minimum absolute atomic E-state index is 0.0188. The maximum Gasteiger partial charge on any atom is 0.356 e. The maximum absolute atomic E-state index is 13.2. The van der Waals surface area contributed by atoms with Crippen molar-refractivity contribution in [2.75, 3.05) is 86.3 Å². The molecule has 4 heterocycles. The number of esters is 2. The van der Waals surface area contributed by atoms with Crippen molar-refractivity contribution in [3.05, 3.63) is 175 Å². The summed E-state index contributed by atoms with van der Waals surface area (Å²) in [6.07, 6.45) is 0.754. The van der Waals surface area contributed by atoms with Crippen molar-refractivity contribution in [1.29, 1.82) is 0 Å². The molecule has 1 aliphatic rings. The standard InChI is InChI=1S/C62H66N6O13S2/c1-8-47-37-56(77-3)18-15-48(47)12-10-45-33-54(64-59(35-45)61(69)80-6)41-67-25-23-66(40-53-32-44(31-43(2)63-53)9-13-49-16-19-57(78-4)38-51(49)21-29-82(71,72)73)24-26-68(28-27-67)42-55-34-46(36-60(65-55)62(70)81-7)11-14-50-17-20-58(79-5)39-52(50)22-30-83(74,75)76/h15-20,31-39H,8,21-30,40-42H2,1-7H3,(H,71,72,73)(H,74,75,76). The summed E-state index contributed by atoms with van der Waals surface area (Å²) in [6, 6.07) is 26.6. The van der Waals surface area contributed by atoms with Crippen LogP contribution in [0.15, 0.2) is 91.0 Å². The molecule has 0 unspecified atom stereocenters. The van der Waals surface area contributed by atoms with Crippen molar-refractivity contribution in [1.82, 2.24) is 29.7 Å². The Balaban J connectivity index is 1.22. The third-order valence-corrected chi connectivity index (χ3v) is 14.9. The predicted octanol–water partition coefficient (Wildman–Crippen LogP) is 6.22. The number of carbonyl (C=O) groups is 2. The highest BCUT2D eigenvalue weighted by molar-refractivity contribution is 7.86. The average molecular weight is 1170 g/mol. The molecule has 0 radical (unpaired) electrons. The van der Waals surface area contributed by atoms with Gasteiger partial charge in [0, 0.05) is 98.0 Å². The Bertz CT molecular complexity index is 3780.